The van der Waals surface area contributed by atoms with Crippen molar-refractivity contribution in [2.24, 2.45) is 10.9 Å². The summed E-state index contributed by atoms with van der Waals surface area (Å²) in [5.74, 6) is 0.689. The Hall–Kier alpha value is -2.08. The number of hydrogen-bond acceptors (Lipinski definition) is 3. The zero-order valence-corrected chi connectivity index (χ0v) is 19.9. The van der Waals surface area contributed by atoms with Crippen molar-refractivity contribution in [2.75, 3.05) is 6.54 Å². The summed E-state index contributed by atoms with van der Waals surface area (Å²) < 4.78 is 5.51. The minimum atomic E-state index is -0.548. The van der Waals surface area contributed by atoms with E-state index in [0.717, 1.165) is 36.0 Å². The molecule has 1 heterocycles. The van der Waals surface area contributed by atoms with Crippen LogP contribution in [0.4, 0.5) is 4.79 Å². The van der Waals surface area contributed by atoms with Gasteiger partial charge >= 0.3 is 6.09 Å². The predicted octanol–water partition coefficient (Wildman–Crippen LogP) is 6.11. The molecule has 2 rings (SSSR count). The Bertz CT molecular complexity index is 839. The Kier molecular flexibility index (Phi) is 8.30. The maximum absolute atomic E-state index is 12.5. The van der Waals surface area contributed by atoms with E-state index in [9.17, 15) is 4.79 Å². The molecular weight excluding hydrogens is 394 g/mol. The molecule has 0 saturated carbocycles. The number of amides is 1. The molecule has 164 valence electrons. The van der Waals surface area contributed by atoms with Gasteiger partial charge in [-0.05, 0) is 63.6 Å². The number of nitrogens with zero attached hydrogens (tertiary/aromatic N) is 2. The third kappa shape index (κ3) is 6.73. The van der Waals surface area contributed by atoms with E-state index in [1.54, 1.807) is 4.90 Å². The Morgan fingerprint density at radius 1 is 1.43 bits per heavy atom. The number of benzene rings is 1. The SMILES string of the molecule is CCC(C)/C=C\c1ccc(C(=N)/N=C(\S)C2CCCN2C(=O)OC(C)(C)C)cc1C. The molecule has 2 atom stereocenters. The second kappa shape index (κ2) is 10.3. The Morgan fingerprint density at radius 3 is 2.73 bits per heavy atom. The van der Waals surface area contributed by atoms with E-state index in [-0.39, 0.29) is 18.0 Å². The van der Waals surface area contributed by atoms with Crippen LogP contribution in [0.15, 0.2) is 29.3 Å². The fourth-order valence-corrected chi connectivity index (χ4v) is 3.61. The minimum absolute atomic E-state index is 0.150. The Balaban J connectivity index is 2.14. The summed E-state index contributed by atoms with van der Waals surface area (Å²) in [6.07, 6.45) is 6.75. The molecule has 1 saturated heterocycles. The number of hydrogen-bond donors (Lipinski definition) is 2. The lowest BCUT2D eigenvalue weighted by molar-refractivity contribution is 0.0267. The van der Waals surface area contributed by atoms with Gasteiger partial charge in [0.25, 0.3) is 0 Å². The molecule has 1 fully saturated rings. The normalized spacial score (nSPS) is 18.7. The average molecular weight is 430 g/mol. The smallest absolute Gasteiger partial charge is 0.410 e. The average Bonchev–Trinajstić information content (AvgIpc) is 3.15. The number of likely N-dealkylation sites (tertiary alicyclic amines) is 1. The van der Waals surface area contributed by atoms with Gasteiger partial charge in [0, 0.05) is 12.1 Å². The van der Waals surface area contributed by atoms with E-state index in [0.29, 0.717) is 17.5 Å². The van der Waals surface area contributed by atoms with Crippen molar-refractivity contribution in [2.45, 2.75) is 72.4 Å². The summed E-state index contributed by atoms with van der Waals surface area (Å²) in [7, 11) is 0. The van der Waals surface area contributed by atoms with Crippen molar-refractivity contribution in [3.05, 3.63) is 41.0 Å². The molecule has 0 spiro atoms. The predicted molar refractivity (Wildman–Crippen MR) is 129 cm³/mol. The van der Waals surface area contributed by atoms with Crippen LogP contribution < -0.4 is 0 Å². The fourth-order valence-electron chi connectivity index (χ4n) is 3.24. The minimum Gasteiger partial charge on any atom is -0.444 e. The Labute approximate surface area is 186 Å². The quantitative estimate of drug-likeness (QED) is 0.337. The first-order chi connectivity index (χ1) is 14.0. The number of carbonyl (C=O) groups excluding carboxylic acids is 1. The number of carbonyl (C=O) groups is 1. The van der Waals surface area contributed by atoms with Gasteiger partial charge in [-0.2, -0.15) is 0 Å². The number of allylic oxidation sites excluding steroid dienone is 1. The van der Waals surface area contributed by atoms with Gasteiger partial charge in [-0.25, -0.2) is 9.79 Å². The van der Waals surface area contributed by atoms with Crippen molar-refractivity contribution in [1.29, 1.82) is 5.41 Å². The monoisotopic (exact) mass is 429 g/mol. The van der Waals surface area contributed by atoms with Crippen molar-refractivity contribution < 1.29 is 9.53 Å². The molecule has 2 unspecified atom stereocenters. The van der Waals surface area contributed by atoms with Crippen LogP contribution in [-0.2, 0) is 4.74 Å². The lowest BCUT2D eigenvalue weighted by atomic mass is 10.0. The van der Waals surface area contributed by atoms with Crippen LogP contribution in [-0.4, -0.2) is 40.1 Å². The van der Waals surface area contributed by atoms with E-state index >= 15 is 0 Å². The number of aliphatic imine (C=N–C) groups is 1. The highest BCUT2D eigenvalue weighted by molar-refractivity contribution is 7.97. The molecule has 1 aliphatic rings. The highest BCUT2D eigenvalue weighted by Crippen LogP contribution is 2.24. The number of thiol groups is 1. The molecule has 0 radical (unpaired) electrons. The summed E-state index contributed by atoms with van der Waals surface area (Å²) in [6.45, 7) is 12.6. The molecule has 6 heteroatoms. The molecular formula is C24H35N3O2S. The van der Waals surface area contributed by atoms with Crippen molar-refractivity contribution in [3.63, 3.8) is 0 Å². The molecule has 30 heavy (non-hydrogen) atoms. The van der Waals surface area contributed by atoms with E-state index < -0.39 is 5.60 Å². The van der Waals surface area contributed by atoms with Crippen molar-refractivity contribution in [1.82, 2.24) is 4.90 Å². The molecule has 0 bridgehead atoms. The largest absolute Gasteiger partial charge is 0.444 e. The first kappa shape index (κ1) is 24.2. The molecule has 1 N–H and O–H groups in total. The molecule has 1 aromatic carbocycles. The second-order valence-corrected chi connectivity index (χ2v) is 9.42. The maximum Gasteiger partial charge on any atom is 0.410 e. The summed E-state index contributed by atoms with van der Waals surface area (Å²) in [4.78, 5) is 18.6. The summed E-state index contributed by atoms with van der Waals surface area (Å²) >= 11 is 4.54. The fraction of sp³-hybridized carbons (Fsp3) is 0.542. The highest BCUT2D eigenvalue weighted by atomic mass is 32.1. The van der Waals surface area contributed by atoms with Gasteiger partial charge < -0.3 is 4.74 Å². The Morgan fingerprint density at radius 2 is 2.13 bits per heavy atom. The van der Waals surface area contributed by atoms with Crippen molar-refractivity contribution in [3.8, 4) is 0 Å². The van der Waals surface area contributed by atoms with Gasteiger partial charge in [-0.3, -0.25) is 10.3 Å². The van der Waals surface area contributed by atoms with E-state index in [1.165, 1.54) is 0 Å². The maximum atomic E-state index is 12.5. The third-order valence-corrected chi connectivity index (χ3v) is 5.59. The van der Waals surface area contributed by atoms with Gasteiger partial charge in [0.1, 0.15) is 5.60 Å². The number of aryl methyl sites for hydroxylation is 1. The van der Waals surface area contributed by atoms with Gasteiger partial charge in [0.05, 0.1) is 11.1 Å². The van der Waals surface area contributed by atoms with Crippen LogP contribution in [0.1, 0.15) is 70.6 Å². The second-order valence-electron chi connectivity index (χ2n) is 8.97. The zero-order valence-electron chi connectivity index (χ0n) is 19.0. The topological polar surface area (TPSA) is 65.8 Å². The molecule has 0 aliphatic carbocycles. The molecule has 1 aliphatic heterocycles. The molecule has 1 amide bonds. The van der Waals surface area contributed by atoms with E-state index in [1.807, 2.05) is 45.9 Å². The van der Waals surface area contributed by atoms with Gasteiger partial charge in [-0.15, -0.1) is 12.6 Å². The van der Waals surface area contributed by atoms with Crippen LogP contribution in [0.2, 0.25) is 0 Å². The van der Waals surface area contributed by atoms with Gasteiger partial charge in [0.2, 0.25) is 0 Å². The van der Waals surface area contributed by atoms with Crippen LogP contribution in [0.25, 0.3) is 6.08 Å². The summed E-state index contributed by atoms with van der Waals surface area (Å²) in [5.41, 5.74) is 2.44. The highest BCUT2D eigenvalue weighted by Gasteiger charge is 2.34. The number of ether oxygens (including phenoxy) is 1. The lowest BCUT2D eigenvalue weighted by Gasteiger charge is -2.28. The zero-order chi connectivity index (χ0) is 22.5. The van der Waals surface area contributed by atoms with E-state index in [2.05, 4.69) is 43.6 Å². The molecule has 0 aromatic heterocycles. The van der Waals surface area contributed by atoms with Gasteiger partial charge in [-0.1, -0.05) is 44.6 Å². The number of nitrogens with one attached hydrogen (secondary N) is 1. The first-order valence-electron chi connectivity index (χ1n) is 10.7. The van der Waals surface area contributed by atoms with Crippen LogP contribution in [0.3, 0.4) is 0 Å². The third-order valence-electron chi connectivity index (χ3n) is 5.20. The van der Waals surface area contributed by atoms with Crippen molar-refractivity contribution >= 4 is 35.7 Å². The summed E-state index contributed by atoms with van der Waals surface area (Å²) in [6, 6.07) is 5.66. The van der Waals surface area contributed by atoms with Crippen LogP contribution in [0, 0.1) is 18.3 Å². The van der Waals surface area contributed by atoms with Crippen LogP contribution >= 0.6 is 12.6 Å². The standard InChI is InChI=1S/C24H35N3O2S/c1-7-16(2)10-11-18-12-13-19(15-17(18)3)21(25)26-22(30)20-9-8-14-27(20)23(28)29-24(4,5)6/h10-13,15-16,20H,7-9,14H2,1-6H3,(H2,25,26,30)/b11-10-. The van der Waals surface area contributed by atoms with E-state index in [4.69, 9.17) is 10.1 Å². The van der Waals surface area contributed by atoms with Gasteiger partial charge in [0.15, 0.2) is 5.84 Å². The number of rotatable bonds is 5. The molecule has 1 aromatic rings. The number of amidine groups is 1. The molecule has 5 nitrogen and oxygen atoms in total. The first-order valence-corrected chi connectivity index (χ1v) is 11.1. The lowest BCUT2D eigenvalue weighted by Crippen LogP contribution is -2.42. The van der Waals surface area contributed by atoms with Crippen LogP contribution in [0.5, 0.6) is 0 Å². The summed E-state index contributed by atoms with van der Waals surface area (Å²) in [5, 5.41) is 8.89.